The highest BCUT2D eigenvalue weighted by Crippen LogP contribution is 2.28. The molecule has 0 saturated carbocycles. The molecule has 0 fully saturated rings. The first-order valence-corrected chi connectivity index (χ1v) is 7.46. The molecule has 0 bridgehead atoms. The standard InChI is InChI=1S/C11H14ClFO2S/c1-8(2)10(7-16(12,14)15)9-5-3-4-6-11(9)13/h3-6,8,10H,7H2,1-2H3. The summed E-state index contributed by atoms with van der Waals surface area (Å²) in [6, 6.07) is 6.19. The molecule has 1 aromatic rings. The monoisotopic (exact) mass is 264 g/mol. The highest BCUT2D eigenvalue weighted by Gasteiger charge is 2.24. The second kappa shape index (κ2) is 5.15. The van der Waals surface area contributed by atoms with Crippen molar-refractivity contribution in [2.24, 2.45) is 5.92 Å². The lowest BCUT2D eigenvalue weighted by molar-refractivity contribution is 0.497. The molecule has 16 heavy (non-hydrogen) atoms. The van der Waals surface area contributed by atoms with Gasteiger partial charge in [-0.2, -0.15) is 0 Å². The lowest BCUT2D eigenvalue weighted by Gasteiger charge is -2.20. The fourth-order valence-corrected chi connectivity index (χ4v) is 3.03. The topological polar surface area (TPSA) is 34.1 Å². The lowest BCUT2D eigenvalue weighted by atomic mass is 9.90. The fraction of sp³-hybridized carbons (Fsp3) is 0.455. The van der Waals surface area contributed by atoms with E-state index >= 15 is 0 Å². The summed E-state index contributed by atoms with van der Waals surface area (Å²) in [5, 5.41) is 0. The van der Waals surface area contributed by atoms with Crippen LogP contribution in [0, 0.1) is 11.7 Å². The Morgan fingerprint density at radius 3 is 2.31 bits per heavy atom. The Morgan fingerprint density at radius 1 is 1.31 bits per heavy atom. The van der Waals surface area contributed by atoms with Crippen molar-refractivity contribution in [3.63, 3.8) is 0 Å². The van der Waals surface area contributed by atoms with Crippen LogP contribution in [0.15, 0.2) is 24.3 Å². The molecular formula is C11H14ClFO2S. The molecule has 1 rings (SSSR count). The Kier molecular flexibility index (Phi) is 4.33. The summed E-state index contributed by atoms with van der Waals surface area (Å²) in [5.41, 5.74) is 0.404. The van der Waals surface area contributed by atoms with Crippen molar-refractivity contribution in [2.45, 2.75) is 19.8 Å². The Morgan fingerprint density at radius 2 is 1.88 bits per heavy atom. The van der Waals surface area contributed by atoms with E-state index in [0.717, 1.165) is 0 Å². The van der Waals surface area contributed by atoms with Gasteiger partial charge >= 0.3 is 0 Å². The maximum Gasteiger partial charge on any atom is 0.233 e. The molecule has 1 aromatic carbocycles. The maximum atomic E-state index is 13.5. The van der Waals surface area contributed by atoms with Crippen LogP contribution in [0.3, 0.4) is 0 Å². The number of benzene rings is 1. The average Bonchev–Trinajstić information content (AvgIpc) is 2.13. The third kappa shape index (κ3) is 3.76. The van der Waals surface area contributed by atoms with E-state index in [-0.39, 0.29) is 17.5 Å². The molecule has 1 atom stereocenters. The minimum atomic E-state index is -3.63. The predicted octanol–water partition coefficient (Wildman–Crippen LogP) is 3.13. The van der Waals surface area contributed by atoms with Gasteiger partial charge in [0.25, 0.3) is 0 Å². The van der Waals surface area contributed by atoms with Crippen LogP contribution in [0.5, 0.6) is 0 Å². The first kappa shape index (κ1) is 13.5. The Labute approximate surface area is 99.9 Å². The molecule has 0 saturated heterocycles. The summed E-state index contributed by atoms with van der Waals surface area (Å²) < 4.78 is 35.7. The molecule has 0 aliphatic carbocycles. The molecule has 0 spiro atoms. The summed E-state index contributed by atoms with van der Waals surface area (Å²) in [7, 11) is 1.60. The van der Waals surface area contributed by atoms with Crippen molar-refractivity contribution in [3.8, 4) is 0 Å². The maximum absolute atomic E-state index is 13.5. The van der Waals surface area contributed by atoms with Gasteiger partial charge < -0.3 is 0 Å². The summed E-state index contributed by atoms with van der Waals surface area (Å²) in [4.78, 5) is 0. The van der Waals surface area contributed by atoms with E-state index in [1.807, 2.05) is 13.8 Å². The van der Waals surface area contributed by atoms with Crippen molar-refractivity contribution in [1.29, 1.82) is 0 Å². The Balaban J connectivity index is 3.09. The van der Waals surface area contributed by atoms with Crippen LogP contribution >= 0.6 is 10.7 Å². The predicted molar refractivity (Wildman–Crippen MR) is 63.6 cm³/mol. The largest absolute Gasteiger partial charge is 0.233 e. The van der Waals surface area contributed by atoms with Gasteiger partial charge in [-0.05, 0) is 17.5 Å². The normalized spacial score (nSPS) is 14.1. The minimum Gasteiger partial charge on any atom is -0.212 e. The minimum absolute atomic E-state index is 0.00502. The molecule has 0 aliphatic rings. The van der Waals surface area contributed by atoms with E-state index in [4.69, 9.17) is 10.7 Å². The highest BCUT2D eigenvalue weighted by atomic mass is 35.7. The summed E-state index contributed by atoms with van der Waals surface area (Å²) >= 11 is 0. The van der Waals surface area contributed by atoms with Gasteiger partial charge in [0.2, 0.25) is 9.05 Å². The lowest BCUT2D eigenvalue weighted by Crippen LogP contribution is -2.17. The van der Waals surface area contributed by atoms with E-state index in [0.29, 0.717) is 5.56 Å². The molecule has 2 nitrogen and oxygen atoms in total. The molecule has 0 amide bonds. The van der Waals surface area contributed by atoms with E-state index in [9.17, 15) is 12.8 Å². The van der Waals surface area contributed by atoms with Crippen molar-refractivity contribution >= 4 is 19.7 Å². The van der Waals surface area contributed by atoms with Crippen molar-refractivity contribution in [1.82, 2.24) is 0 Å². The van der Waals surface area contributed by atoms with Crippen molar-refractivity contribution in [3.05, 3.63) is 35.6 Å². The van der Waals surface area contributed by atoms with Gasteiger partial charge in [-0.15, -0.1) is 0 Å². The zero-order chi connectivity index (χ0) is 12.3. The van der Waals surface area contributed by atoms with Crippen molar-refractivity contribution < 1.29 is 12.8 Å². The van der Waals surface area contributed by atoms with Crippen LogP contribution in [0.1, 0.15) is 25.3 Å². The van der Waals surface area contributed by atoms with E-state index in [1.54, 1.807) is 18.2 Å². The fourth-order valence-electron chi connectivity index (χ4n) is 1.63. The van der Waals surface area contributed by atoms with Crippen LogP contribution in [0.2, 0.25) is 0 Å². The number of rotatable bonds is 4. The molecule has 90 valence electrons. The van der Waals surface area contributed by atoms with Crippen LogP contribution in [0.4, 0.5) is 4.39 Å². The zero-order valence-corrected chi connectivity index (χ0v) is 10.7. The van der Waals surface area contributed by atoms with Crippen LogP contribution < -0.4 is 0 Å². The zero-order valence-electron chi connectivity index (χ0n) is 9.15. The van der Waals surface area contributed by atoms with Gasteiger partial charge in [-0.25, -0.2) is 12.8 Å². The van der Waals surface area contributed by atoms with Gasteiger partial charge in [-0.3, -0.25) is 0 Å². The third-order valence-electron chi connectivity index (χ3n) is 2.49. The van der Waals surface area contributed by atoms with Gasteiger partial charge in [0.1, 0.15) is 5.82 Å². The number of halogens is 2. The highest BCUT2D eigenvalue weighted by molar-refractivity contribution is 8.13. The van der Waals surface area contributed by atoms with Crippen LogP contribution in [-0.4, -0.2) is 14.2 Å². The smallest absolute Gasteiger partial charge is 0.212 e. The molecule has 0 radical (unpaired) electrons. The average molecular weight is 265 g/mol. The number of hydrogen-bond donors (Lipinski definition) is 0. The first-order chi connectivity index (χ1) is 7.31. The third-order valence-corrected chi connectivity index (χ3v) is 3.62. The molecule has 0 N–H and O–H groups in total. The summed E-state index contributed by atoms with van der Waals surface area (Å²) in [6.45, 7) is 3.69. The van der Waals surface area contributed by atoms with E-state index < -0.39 is 15.0 Å². The molecule has 5 heteroatoms. The summed E-state index contributed by atoms with van der Waals surface area (Å²) in [6.07, 6.45) is 0. The van der Waals surface area contributed by atoms with Gasteiger partial charge in [-0.1, -0.05) is 32.0 Å². The van der Waals surface area contributed by atoms with Gasteiger partial charge in [0.15, 0.2) is 0 Å². The second-order valence-electron chi connectivity index (χ2n) is 4.08. The Hall–Kier alpha value is -0.610. The van der Waals surface area contributed by atoms with E-state index in [2.05, 4.69) is 0 Å². The SMILES string of the molecule is CC(C)C(CS(=O)(=O)Cl)c1ccccc1F. The van der Waals surface area contributed by atoms with E-state index in [1.165, 1.54) is 6.07 Å². The molecule has 0 heterocycles. The molecular weight excluding hydrogens is 251 g/mol. The van der Waals surface area contributed by atoms with Crippen LogP contribution in [-0.2, 0) is 9.05 Å². The molecule has 1 unspecified atom stereocenters. The quantitative estimate of drug-likeness (QED) is 0.783. The Bertz CT molecular complexity index is 457. The van der Waals surface area contributed by atoms with Crippen molar-refractivity contribution in [2.75, 3.05) is 5.75 Å². The molecule has 0 aromatic heterocycles. The number of hydrogen-bond acceptors (Lipinski definition) is 2. The second-order valence-corrected chi connectivity index (χ2v) is 6.90. The first-order valence-electron chi connectivity index (χ1n) is 4.98. The summed E-state index contributed by atoms with van der Waals surface area (Å²) in [5.74, 6) is -1.04. The van der Waals surface area contributed by atoms with Gasteiger partial charge in [0, 0.05) is 16.6 Å². The van der Waals surface area contributed by atoms with Crippen LogP contribution in [0.25, 0.3) is 0 Å². The van der Waals surface area contributed by atoms with Gasteiger partial charge in [0.05, 0.1) is 5.75 Å². The molecule has 0 aliphatic heterocycles.